The highest BCUT2D eigenvalue weighted by Crippen LogP contribution is 2.28. The van der Waals surface area contributed by atoms with Gasteiger partial charge in [0.25, 0.3) is 0 Å². The van der Waals surface area contributed by atoms with Gasteiger partial charge in [0.15, 0.2) is 11.5 Å². The van der Waals surface area contributed by atoms with Crippen molar-refractivity contribution >= 4 is 0 Å². The van der Waals surface area contributed by atoms with Crippen LogP contribution in [0, 0.1) is 0 Å². The molecule has 3 aromatic rings. The second-order valence-corrected chi connectivity index (χ2v) is 5.13. The van der Waals surface area contributed by atoms with E-state index in [0.717, 1.165) is 11.1 Å². The Labute approximate surface area is 139 Å². The van der Waals surface area contributed by atoms with Crippen molar-refractivity contribution in [3.63, 3.8) is 0 Å². The molecule has 6 nitrogen and oxygen atoms in total. The molecule has 0 aliphatic heterocycles. The van der Waals surface area contributed by atoms with Gasteiger partial charge in [-0.2, -0.15) is 4.98 Å². The Morgan fingerprint density at radius 2 is 1.38 bits per heavy atom. The predicted octanol–water partition coefficient (Wildman–Crippen LogP) is 1.94. The van der Waals surface area contributed by atoms with Crippen molar-refractivity contribution in [2.45, 2.75) is 6.10 Å². The average molecular weight is 323 g/mol. The molecule has 0 radical (unpaired) electrons. The second kappa shape index (κ2) is 7.63. The van der Waals surface area contributed by atoms with Gasteiger partial charge in [-0.05, 0) is 0 Å². The summed E-state index contributed by atoms with van der Waals surface area (Å²) in [6.45, 7) is -0.648. The van der Waals surface area contributed by atoms with E-state index >= 15 is 0 Å². The number of rotatable bonds is 6. The Balaban J connectivity index is 2.05. The minimum atomic E-state index is -0.771. The molecule has 0 aliphatic carbocycles. The van der Waals surface area contributed by atoms with E-state index in [1.54, 1.807) is 0 Å². The summed E-state index contributed by atoms with van der Waals surface area (Å²) in [5, 5.41) is 27.0. The van der Waals surface area contributed by atoms with Crippen molar-refractivity contribution in [1.82, 2.24) is 15.2 Å². The fraction of sp³-hybridized carbons (Fsp3) is 0.167. The molecule has 1 heterocycles. The maximum atomic E-state index is 9.29. The van der Waals surface area contributed by atoms with Crippen LogP contribution in [-0.2, 0) is 0 Å². The molecule has 3 rings (SSSR count). The molecule has 0 fully saturated rings. The van der Waals surface area contributed by atoms with Crippen LogP contribution < -0.4 is 4.74 Å². The van der Waals surface area contributed by atoms with Gasteiger partial charge in [0, 0.05) is 11.1 Å². The number of aliphatic hydroxyl groups excluding tert-OH is 2. The lowest BCUT2D eigenvalue weighted by atomic mass is 10.1. The smallest absolute Gasteiger partial charge is 0.245 e. The maximum absolute atomic E-state index is 9.29. The summed E-state index contributed by atoms with van der Waals surface area (Å²) in [6, 6.07) is 18.8. The van der Waals surface area contributed by atoms with E-state index in [-0.39, 0.29) is 19.1 Å². The zero-order valence-electron chi connectivity index (χ0n) is 12.9. The third-order valence-corrected chi connectivity index (χ3v) is 3.42. The number of hydrogen-bond donors (Lipinski definition) is 2. The Morgan fingerprint density at radius 1 is 0.792 bits per heavy atom. The first-order valence-electron chi connectivity index (χ1n) is 7.55. The summed E-state index contributed by atoms with van der Waals surface area (Å²) in [5.74, 6) is 0.642. The summed E-state index contributed by atoms with van der Waals surface area (Å²) in [6.07, 6.45) is -0.771. The van der Waals surface area contributed by atoms with Gasteiger partial charge in [-0.25, -0.2) is 0 Å². The normalized spacial score (nSPS) is 10.8. The van der Waals surface area contributed by atoms with Crippen molar-refractivity contribution < 1.29 is 14.9 Å². The number of ether oxygens (including phenoxy) is 1. The third-order valence-electron chi connectivity index (χ3n) is 3.42. The van der Waals surface area contributed by atoms with Crippen LogP contribution in [0.25, 0.3) is 22.6 Å². The third kappa shape index (κ3) is 3.56. The van der Waals surface area contributed by atoms with E-state index in [9.17, 15) is 10.2 Å². The summed E-state index contributed by atoms with van der Waals surface area (Å²) in [4.78, 5) is 4.44. The zero-order valence-corrected chi connectivity index (χ0v) is 12.9. The van der Waals surface area contributed by atoms with Crippen molar-refractivity contribution in [3.05, 3.63) is 60.7 Å². The van der Waals surface area contributed by atoms with E-state index in [0.29, 0.717) is 11.5 Å². The zero-order chi connectivity index (χ0) is 16.8. The Morgan fingerprint density at radius 3 is 1.96 bits per heavy atom. The van der Waals surface area contributed by atoms with Crippen LogP contribution in [-0.4, -0.2) is 44.7 Å². The van der Waals surface area contributed by atoms with Crippen molar-refractivity contribution in [2.75, 3.05) is 13.2 Å². The first kappa shape index (κ1) is 16.0. The predicted molar refractivity (Wildman–Crippen MR) is 89.3 cm³/mol. The molecule has 0 bridgehead atoms. The molecule has 2 N–H and O–H groups in total. The highest BCUT2D eigenvalue weighted by atomic mass is 16.5. The standard InChI is InChI=1S/C18H17N3O3/c22-11-15(12-23)24-18-16(13-7-3-1-4-8-13)20-21-17(19-18)14-9-5-2-6-10-14/h1-10,15,22-23H,11-12H2. The molecule has 24 heavy (non-hydrogen) atoms. The van der Waals surface area contributed by atoms with E-state index in [2.05, 4.69) is 15.2 Å². The molecular weight excluding hydrogens is 306 g/mol. The number of nitrogens with zero attached hydrogens (tertiary/aromatic N) is 3. The van der Waals surface area contributed by atoms with Gasteiger partial charge >= 0.3 is 0 Å². The van der Waals surface area contributed by atoms with Crippen LogP contribution in [0.5, 0.6) is 5.88 Å². The summed E-state index contributed by atoms with van der Waals surface area (Å²) < 4.78 is 5.65. The Bertz CT molecular complexity index is 778. The van der Waals surface area contributed by atoms with Crippen LogP contribution in [0.1, 0.15) is 0 Å². The molecule has 0 unspecified atom stereocenters. The van der Waals surface area contributed by atoms with E-state index in [1.165, 1.54) is 0 Å². The van der Waals surface area contributed by atoms with Crippen molar-refractivity contribution in [3.8, 4) is 28.5 Å². The molecule has 0 amide bonds. The van der Waals surface area contributed by atoms with Gasteiger partial charge in [-0.1, -0.05) is 60.7 Å². The Hall–Kier alpha value is -2.83. The quantitative estimate of drug-likeness (QED) is 0.721. The number of aromatic nitrogens is 3. The molecule has 2 aromatic carbocycles. The Kier molecular flexibility index (Phi) is 5.10. The summed E-state index contributed by atoms with van der Waals surface area (Å²) in [7, 11) is 0. The van der Waals surface area contributed by atoms with Crippen LogP contribution in [0.2, 0.25) is 0 Å². The van der Waals surface area contributed by atoms with E-state index in [4.69, 9.17) is 4.74 Å². The lowest BCUT2D eigenvalue weighted by Crippen LogP contribution is -2.26. The van der Waals surface area contributed by atoms with E-state index < -0.39 is 6.10 Å². The molecule has 6 heteroatoms. The molecule has 0 aliphatic rings. The van der Waals surface area contributed by atoms with E-state index in [1.807, 2.05) is 60.7 Å². The first-order valence-corrected chi connectivity index (χ1v) is 7.55. The summed E-state index contributed by atoms with van der Waals surface area (Å²) >= 11 is 0. The SMILES string of the molecule is OCC(CO)Oc1nc(-c2ccccc2)nnc1-c1ccccc1. The van der Waals surface area contributed by atoms with Gasteiger partial charge in [0.1, 0.15) is 6.10 Å². The minimum absolute atomic E-state index is 0.225. The monoisotopic (exact) mass is 323 g/mol. The summed E-state index contributed by atoms with van der Waals surface area (Å²) in [5.41, 5.74) is 2.06. The molecule has 122 valence electrons. The van der Waals surface area contributed by atoms with Crippen molar-refractivity contribution in [2.24, 2.45) is 0 Å². The first-order chi connectivity index (χ1) is 11.8. The highest BCUT2D eigenvalue weighted by Gasteiger charge is 2.17. The van der Waals surface area contributed by atoms with Crippen LogP contribution in [0.3, 0.4) is 0 Å². The number of benzene rings is 2. The van der Waals surface area contributed by atoms with Crippen LogP contribution in [0.4, 0.5) is 0 Å². The van der Waals surface area contributed by atoms with Crippen LogP contribution >= 0.6 is 0 Å². The highest BCUT2D eigenvalue weighted by molar-refractivity contribution is 5.65. The van der Waals surface area contributed by atoms with Crippen LogP contribution in [0.15, 0.2) is 60.7 Å². The lowest BCUT2D eigenvalue weighted by Gasteiger charge is -2.16. The van der Waals surface area contributed by atoms with Crippen molar-refractivity contribution in [1.29, 1.82) is 0 Å². The largest absolute Gasteiger partial charge is 0.468 e. The second-order valence-electron chi connectivity index (χ2n) is 5.13. The van der Waals surface area contributed by atoms with Gasteiger partial charge in [0.05, 0.1) is 13.2 Å². The molecular formula is C18H17N3O3. The maximum Gasteiger partial charge on any atom is 0.245 e. The van der Waals surface area contributed by atoms with Gasteiger partial charge in [0.2, 0.25) is 5.88 Å². The average Bonchev–Trinajstić information content (AvgIpc) is 2.67. The minimum Gasteiger partial charge on any atom is -0.468 e. The molecule has 1 aromatic heterocycles. The van der Waals surface area contributed by atoms with Gasteiger partial charge in [-0.3, -0.25) is 0 Å². The van der Waals surface area contributed by atoms with Gasteiger partial charge in [-0.15, -0.1) is 10.2 Å². The lowest BCUT2D eigenvalue weighted by molar-refractivity contribution is 0.0598. The van der Waals surface area contributed by atoms with Gasteiger partial charge < -0.3 is 14.9 Å². The fourth-order valence-corrected chi connectivity index (χ4v) is 2.17. The number of hydrogen-bond acceptors (Lipinski definition) is 6. The fourth-order valence-electron chi connectivity index (χ4n) is 2.17. The topological polar surface area (TPSA) is 88.4 Å². The number of aliphatic hydroxyl groups is 2. The molecule has 0 saturated heterocycles. The molecule has 0 atom stereocenters. The molecule has 0 saturated carbocycles. The molecule has 0 spiro atoms.